The Hall–Kier alpha value is -4.97. The highest BCUT2D eigenvalue weighted by molar-refractivity contribution is 5.94. The molecule has 1 fully saturated rings. The summed E-state index contributed by atoms with van der Waals surface area (Å²) in [4.78, 5) is 29.7. The fourth-order valence-corrected chi connectivity index (χ4v) is 5.96. The molecule has 0 saturated carbocycles. The van der Waals surface area contributed by atoms with Gasteiger partial charge in [0.1, 0.15) is 35.3 Å². The Kier molecular flexibility index (Phi) is 11.3. The number of fused-ring (bicyclic) bond motifs is 1. The van der Waals surface area contributed by atoms with E-state index in [1.54, 1.807) is 36.3 Å². The molecule has 0 radical (unpaired) electrons. The largest absolute Gasteiger partial charge is 0.496 e. The number of piperazine rings is 1. The monoisotopic (exact) mass is 664 g/mol. The van der Waals surface area contributed by atoms with E-state index in [9.17, 15) is 14.0 Å². The smallest absolute Gasteiger partial charge is 0.253 e. The second-order valence-electron chi connectivity index (χ2n) is 11.3. The highest BCUT2D eigenvalue weighted by Crippen LogP contribution is 2.50. The van der Waals surface area contributed by atoms with Gasteiger partial charge in [0.15, 0.2) is 23.0 Å². The lowest BCUT2D eigenvalue weighted by atomic mass is 9.91. The van der Waals surface area contributed by atoms with Crippen LogP contribution in [0.3, 0.4) is 0 Å². The Morgan fingerprint density at radius 3 is 2.10 bits per heavy atom. The van der Waals surface area contributed by atoms with E-state index in [0.717, 1.165) is 32.3 Å². The number of methoxy groups -OCH3 is 5. The van der Waals surface area contributed by atoms with E-state index < -0.39 is 5.92 Å². The first-order chi connectivity index (χ1) is 23.3. The molecule has 0 aliphatic carbocycles. The first kappa shape index (κ1) is 34.4. The number of carbonyl (C=O) groups is 2. The lowest BCUT2D eigenvalue weighted by molar-refractivity contribution is -0.109. The van der Waals surface area contributed by atoms with Crippen molar-refractivity contribution >= 4 is 18.0 Å². The van der Waals surface area contributed by atoms with Gasteiger partial charge in [0.25, 0.3) is 5.91 Å². The van der Waals surface area contributed by atoms with Gasteiger partial charge in [-0.05, 0) is 55.8 Å². The maximum atomic E-state index is 13.3. The highest BCUT2D eigenvalue weighted by atomic mass is 19.1. The highest BCUT2D eigenvalue weighted by Gasteiger charge is 2.36. The van der Waals surface area contributed by atoms with E-state index in [-0.39, 0.29) is 11.7 Å². The van der Waals surface area contributed by atoms with Crippen LogP contribution in [0.4, 0.5) is 4.39 Å². The maximum absolute atomic E-state index is 13.3. The topological polar surface area (TPSA) is 105 Å². The van der Waals surface area contributed by atoms with Gasteiger partial charge in [-0.15, -0.1) is 0 Å². The van der Waals surface area contributed by atoms with Crippen LogP contribution in [0.25, 0.3) is 5.76 Å². The summed E-state index contributed by atoms with van der Waals surface area (Å²) in [7, 11) is 7.64. The van der Waals surface area contributed by atoms with E-state index in [2.05, 4.69) is 4.90 Å². The van der Waals surface area contributed by atoms with E-state index in [1.165, 1.54) is 52.7 Å². The van der Waals surface area contributed by atoms with Gasteiger partial charge >= 0.3 is 0 Å². The van der Waals surface area contributed by atoms with Crippen LogP contribution < -0.4 is 28.4 Å². The second kappa shape index (κ2) is 15.7. The lowest BCUT2D eigenvalue weighted by Gasteiger charge is -2.34. The number of unbranched alkanes of at least 4 members (excludes halogenated alkanes) is 1. The summed E-state index contributed by atoms with van der Waals surface area (Å²) in [6, 6.07) is 12.5. The summed E-state index contributed by atoms with van der Waals surface area (Å²) in [5, 5.41) is 0. The Labute approximate surface area is 279 Å². The van der Waals surface area contributed by atoms with Crippen molar-refractivity contribution in [3.8, 4) is 34.5 Å². The Morgan fingerprint density at radius 2 is 1.52 bits per heavy atom. The van der Waals surface area contributed by atoms with Crippen molar-refractivity contribution in [2.45, 2.75) is 18.8 Å². The van der Waals surface area contributed by atoms with Crippen LogP contribution in [-0.4, -0.2) is 96.9 Å². The average molecular weight is 665 g/mol. The number of ether oxygens (including phenoxy) is 7. The Morgan fingerprint density at radius 1 is 0.854 bits per heavy atom. The molecule has 1 unspecified atom stereocenters. The van der Waals surface area contributed by atoms with E-state index in [4.69, 9.17) is 33.2 Å². The van der Waals surface area contributed by atoms with Crippen LogP contribution in [0.1, 0.15) is 40.2 Å². The lowest BCUT2D eigenvalue weighted by Crippen LogP contribution is -2.48. The number of nitrogens with zero attached hydrogens (tertiary/aromatic N) is 2. The fraction of sp³-hybridized carbons (Fsp3) is 0.389. The molecule has 2 heterocycles. The zero-order valence-corrected chi connectivity index (χ0v) is 27.9. The first-order valence-electron chi connectivity index (χ1n) is 15.7. The number of halogens is 1. The number of rotatable bonds is 14. The molecule has 1 saturated heterocycles. The van der Waals surface area contributed by atoms with Crippen LogP contribution >= 0.6 is 0 Å². The van der Waals surface area contributed by atoms with Crippen LogP contribution in [0.2, 0.25) is 0 Å². The Balaban J connectivity index is 1.30. The minimum atomic E-state index is -0.824. The van der Waals surface area contributed by atoms with E-state index in [1.807, 2.05) is 0 Å². The molecule has 3 aromatic carbocycles. The molecule has 0 bridgehead atoms. The molecule has 11 nitrogen and oxygen atoms in total. The number of amides is 1. The van der Waals surface area contributed by atoms with E-state index in [0.29, 0.717) is 88.8 Å². The second-order valence-corrected chi connectivity index (χ2v) is 11.3. The zero-order valence-electron chi connectivity index (χ0n) is 27.9. The zero-order chi connectivity index (χ0) is 34.2. The van der Waals surface area contributed by atoms with Gasteiger partial charge in [-0.3, -0.25) is 9.69 Å². The van der Waals surface area contributed by atoms with Gasteiger partial charge in [0, 0.05) is 49.4 Å². The summed E-state index contributed by atoms with van der Waals surface area (Å²) in [6.07, 6.45) is 2.36. The SMILES string of the molecule is COc1cc(OC)c2c(c1)OC(c1cc(OC)c(OC)c(OC)c1)=C(OCCCCN1CCN(C(=O)c3ccc(F)cc3)CC1)C2C=O. The van der Waals surface area contributed by atoms with Crippen LogP contribution in [-0.2, 0) is 9.53 Å². The number of allylic oxidation sites excluding steroid dienone is 1. The molecular weight excluding hydrogens is 623 g/mol. The molecule has 0 aromatic heterocycles. The maximum Gasteiger partial charge on any atom is 0.253 e. The summed E-state index contributed by atoms with van der Waals surface area (Å²) < 4.78 is 53.9. The molecule has 2 aliphatic heterocycles. The normalized spacial score (nSPS) is 16.0. The van der Waals surface area contributed by atoms with Crippen LogP contribution in [0, 0.1) is 5.82 Å². The number of carbonyl (C=O) groups excluding carboxylic acids is 2. The third-order valence-corrected chi connectivity index (χ3v) is 8.50. The standard InChI is InChI=1S/C36H41FN2O9/c1-42-26-20-28(43-2)32-27(22-40)34(33(48-29(32)21-26)24-18-30(44-3)35(46-5)31(19-24)45-4)47-17-7-6-12-38-13-15-39(16-14-38)36(41)23-8-10-25(37)11-9-23/h8-11,18-22,27H,6-7,12-17H2,1-5H3. The van der Waals surface area contributed by atoms with Crippen molar-refractivity contribution in [1.82, 2.24) is 9.80 Å². The molecule has 5 rings (SSSR count). The minimum Gasteiger partial charge on any atom is -0.496 e. The van der Waals surface area contributed by atoms with E-state index >= 15 is 0 Å². The molecule has 1 amide bonds. The summed E-state index contributed by atoms with van der Waals surface area (Å²) in [6.45, 7) is 3.83. The predicted octanol–water partition coefficient (Wildman–Crippen LogP) is 5.17. The number of aldehydes is 1. The van der Waals surface area contributed by atoms with Gasteiger partial charge < -0.3 is 42.9 Å². The summed E-state index contributed by atoms with van der Waals surface area (Å²) in [5.41, 5.74) is 1.58. The van der Waals surface area contributed by atoms with Crippen molar-refractivity contribution < 1.29 is 47.1 Å². The van der Waals surface area contributed by atoms with Gasteiger partial charge in [-0.1, -0.05) is 0 Å². The number of hydrogen-bond acceptors (Lipinski definition) is 10. The van der Waals surface area contributed by atoms with Gasteiger partial charge in [-0.2, -0.15) is 0 Å². The molecule has 1 atom stereocenters. The number of benzene rings is 3. The summed E-state index contributed by atoms with van der Waals surface area (Å²) >= 11 is 0. The quantitative estimate of drug-likeness (QED) is 0.169. The molecule has 2 aliphatic rings. The van der Waals surface area contributed by atoms with Gasteiger partial charge in [0.2, 0.25) is 5.75 Å². The first-order valence-corrected chi connectivity index (χ1v) is 15.7. The van der Waals surface area contributed by atoms with Crippen molar-refractivity contribution in [2.75, 3.05) is 74.9 Å². The van der Waals surface area contributed by atoms with Crippen LogP contribution in [0.15, 0.2) is 54.3 Å². The number of hydrogen-bond donors (Lipinski definition) is 0. The third-order valence-electron chi connectivity index (χ3n) is 8.50. The third kappa shape index (κ3) is 7.28. The Bertz CT molecular complexity index is 1610. The van der Waals surface area contributed by atoms with Gasteiger partial charge in [-0.25, -0.2) is 4.39 Å². The van der Waals surface area contributed by atoms with Crippen LogP contribution in [0.5, 0.6) is 34.5 Å². The van der Waals surface area contributed by atoms with Gasteiger partial charge in [0.05, 0.1) is 47.7 Å². The molecule has 3 aromatic rings. The molecular formula is C36H41FN2O9. The van der Waals surface area contributed by atoms with Crippen molar-refractivity contribution in [1.29, 1.82) is 0 Å². The molecule has 0 spiro atoms. The molecule has 256 valence electrons. The van der Waals surface area contributed by atoms with Crippen molar-refractivity contribution in [3.63, 3.8) is 0 Å². The predicted molar refractivity (Wildman–Crippen MR) is 176 cm³/mol. The van der Waals surface area contributed by atoms with Crippen molar-refractivity contribution in [3.05, 3.63) is 76.8 Å². The average Bonchev–Trinajstić information content (AvgIpc) is 3.13. The molecule has 12 heteroatoms. The minimum absolute atomic E-state index is 0.0877. The molecule has 0 N–H and O–H groups in total. The van der Waals surface area contributed by atoms with Crippen molar-refractivity contribution in [2.24, 2.45) is 0 Å². The fourth-order valence-electron chi connectivity index (χ4n) is 5.96. The molecule has 48 heavy (non-hydrogen) atoms. The summed E-state index contributed by atoms with van der Waals surface area (Å²) in [5.74, 6) is 1.97.